The Balaban J connectivity index is -0.0000000556. The molecule has 2 atom stereocenters. The first-order valence-electron chi connectivity index (χ1n) is 11.7. The zero-order chi connectivity index (χ0) is 23.2. The van der Waals surface area contributed by atoms with Crippen LogP contribution in [-0.4, -0.2) is 13.1 Å². The number of methoxy groups -OCH3 is 1. The standard InChI is InChI=1S/C11H16.C6H12O2.C6H14.C4H10.4CH4/c1-3-10(2)9-11-7-5-4-6-8-11;1-4-5(2)6(7)8-3;1-4-6(3)5-2;1-4(2)3;;;;/h4-8,10H,3,9H2,1-2H3;5H,4H2,1-3H3;6H,4-5H2,1-3H3;4H,1-3H3;4*1H4. The number of rotatable bonds is 7. The molecule has 0 amide bonds. The van der Waals surface area contributed by atoms with Gasteiger partial charge in [0.1, 0.15) is 0 Å². The monoisotopic (exact) mass is 473 g/mol. The quantitative estimate of drug-likeness (QED) is 0.369. The van der Waals surface area contributed by atoms with E-state index in [2.05, 4.69) is 90.5 Å². The normalized spacial score (nSPS) is 10.3. The number of carbonyl (C=O) groups excluding carboxylic acids is 1. The predicted molar refractivity (Wildman–Crippen MR) is 158 cm³/mol. The number of hydrogen-bond donors (Lipinski definition) is 0. The summed E-state index contributed by atoms with van der Waals surface area (Å²) in [5.41, 5.74) is 1.46. The maximum absolute atomic E-state index is 10.5. The van der Waals surface area contributed by atoms with E-state index < -0.39 is 0 Å². The van der Waals surface area contributed by atoms with Crippen LogP contribution in [0.5, 0.6) is 0 Å². The maximum Gasteiger partial charge on any atom is 0.308 e. The van der Waals surface area contributed by atoms with Gasteiger partial charge in [0.15, 0.2) is 0 Å². The fourth-order valence-corrected chi connectivity index (χ4v) is 1.82. The minimum absolute atomic E-state index is 0. The predicted octanol–water partition coefficient (Wildman–Crippen LogP) is 11.1. The van der Waals surface area contributed by atoms with Crippen LogP contribution in [-0.2, 0) is 16.0 Å². The van der Waals surface area contributed by atoms with Gasteiger partial charge in [0.2, 0.25) is 0 Å². The first-order chi connectivity index (χ1) is 13.6. The van der Waals surface area contributed by atoms with Crippen LogP contribution in [0, 0.1) is 23.7 Å². The van der Waals surface area contributed by atoms with Crippen molar-refractivity contribution in [1.82, 2.24) is 0 Å². The molecule has 0 aliphatic heterocycles. The van der Waals surface area contributed by atoms with Crippen LogP contribution in [0.2, 0.25) is 0 Å². The topological polar surface area (TPSA) is 26.3 Å². The molecule has 33 heavy (non-hydrogen) atoms. The second kappa shape index (κ2) is 35.3. The molecule has 2 unspecified atom stereocenters. The van der Waals surface area contributed by atoms with Gasteiger partial charge >= 0.3 is 5.97 Å². The maximum atomic E-state index is 10.5. The van der Waals surface area contributed by atoms with Crippen molar-refractivity contribution in [2.24, 2.45) is 23.7 Å². The molecule has 0 radical (unpaired) electrons. The molecule has 0 heterocycles. The summed E-state index contributed by atoms with van der Waals surface area (Å²) in [6.45, 7) is 21.6. The summed E-state index contributed by atoms with van der Waals surface area (Å²) < 4.78 is 4.46. The summed E-state index contributed by atoms with van der Waals surface area (Å²) in [5.74, 6) is 2.52. The molecule has 0 saturated carbocycles. The Morgan fingerprint density at radius 3 is 1.27 bits per heavy atom. The van der Waals surface area contributed by atoms with Gasteiger partial charge in [-0.1, -0.05) is 149 Å². The molecule has 0 aliphatic rings. The van der Waals surface area contributed by atoms with E-state index in [-0.39, 0.29) is 41.6 Å². The second-order valence-electron chi connectivity index (χ2n) is 8.69. The van der Waals surface area contributed by atoms with Crippen molar-refractivity contribution in [3.63, 3.8) is 0 Å². The summed E-state index contributed by atoms with van der Waals surface area (Å²) in [6.07, 6.45) is 6.01. The van der Waals surface area contributed by atoms with Crippen molar-refractivity contribution in [3.8, 4) is 0 Å². The molecule has 1 rings (SSSR count). The van der Waals surface area contributed by atoms with Gasteiger partial charge in [0.05, 0.1) is 13.0 Å². The van der Waals surface area contributed by atoms with Crippen molar-refractivity contribution in [2.75, 3.05) is 7.11 Å². The van der Waals surface area contributed by atoms with Crippen molar-refractivity contribution in [3.05, 3.63) is 35.9 Å². The molecule has 0 aliphatic carbocycles. The molecule has 0 saturated heterocycles. The molecular formula is C31H68O2. The molecule has 1 aromatic carbocycles. The lowest BCUT2D eigenvalue weighted by Gasteiger charge is -2.06. The van der Waals surface area contributed by atoms with Gasteiger partial charge in [-0.2, -0.15) is 0 Å². The van der Waals surface area contributed by atoms with Crippen LogP contribution in [0.3, 0.4) is 0 Å². The van der Waals surface area contributed by atoms with Crippen molar-refractivity contribution in [2.45, 2.75) is 131 Å². The van der Waals surface area contributed by atoms with Gasteiger partial charge in [-0.25, -0.2) is 0 Å². The fraction of sp³-hybridized carbons (Fsp3) is 0.774. The van der Waals surface area contributed by atoms with Gasteiger partial charge in [-0.15, -0.1) is 0 Å². The Bertz CT molecular complexity index is 433. The van der Waals surface area contributed by atoms with Crippen molar-refractivity contribution >= 4 is 5.97 Å². The fourth-order valence-electron chi connectivity index (χ4n) is 1.82. The van der Waals surface area contributed by atoms with E-state index in [9.17, 15) is 4.79 Å². The first kappa shape index (κ1) is 49.0. The molecule has 2 heteroatoms. The van der Waals surface area contributed by atoms with E-state index in [1.807, 2.05) is 13.8 Å². The molecule has 204 valence electrons. The van der Waals surface area contributed by atoms with Gasteiger partial charge in [0, 0.05) is 0 Å². The van der Waals surface area contributed by atoms with Gasteiger partial charge in [-0.05, 0) is 36.2 Å². The second-order valence-corrected chi connectivity index (χ2v) is 8.69. The largest absolute Gasteiger partial charge is 0.469 e. The van der Waals surface area contributed by atoms with Crippen LogP contribution >= 0.6 is 0 Å². The van der Waals surface area contributed by atoms with Gasteiger partial charge < -0.3 is 4.74 Å². The summed E-state index contributed by atoms with van der Waals surface area (Å²) in [7, 11) is 1.41. The summed E-state index contributed by atoms with van der Waals surface area (Å²) in [6, 6.07) is 10.7. The molecular weight excluding hydrogens is 404 g/mol. The third-order valence-electron chi connectivity index (χ3n) is 4.73. The zero-order valence-corrected chi connectivity index (χ0v) is 21.5. The number of esters is 1. The molecule has 0 fully saturated rings. The van der Waals surface area contributed by atoms with Crippen LogP contribution in [0.25, 0.3) is 0 Å². The van der Waals surface area contributed by atoms with E-state index in [0.29, 0.717) is 0 Å². The Kier molecular flexibility index (Phi) is 52.4. The van der Waals surface area contributed by atoms with Crippen LogP contribution in [0.1, 0.15) is 130 Å². The molecule has 0 aromatic heterocycles. The molecule has 1 aromatic rings. The zero-order valence-electron chi connectivity index (χ0n) is 21.5. The lowest BCUT2D eigenvalue weighted by molar-refractivity contribution is -0.144. The minimum atomic E-state index is -0.118. The third-order valence-corrected chi connectivity index (χ3v) is 4.73. The lowest BCUT2D eigenvalue weighted by atomic mass is 9.99. The van der Waals surface area contributed by atoms with Crippen LogP contribution < -0.4 is 0 Å². The van der Waals surface area contributed by atoms with E-state index >= 15 is 0 Å². The number of hydrogen-bond acceptors (Lipinski definition) is 2. The molecule has 2 nitrogen and oxygen atoms in total. The first-order valence-corrected chi connectivity index (χ1v) is 11.7. The average molecular weight is 473 g/mol. The van der Waals surface area contributed by atoms with E-state index in [1.165, 1.54) is 38.4 Å². The Morgan fingerprint density at radius 2 is 1.06 bits per heavy atom. The SMILES string of the molecule is C.C.C.C.CC(C)C.CCC(C)C(=O)OC.CCC(C)CC.CCC(C)Cc1ccccc1. The number of ether oxygens (including phenoxy) is 1. The van der Waals surface area contributed by atoms with Crippen molar-refractivity contribution in [1.29, 1.82) is 0 Å². The molecule has 0 bridgehead atoms. The van der Waals surface area contributed by atoms with E-state index in [4.69, 9.17) is 0 Å². The summed E-state index contributed by atoms with van der Waals surface area (Å²) >= 11 is 0. The van der Waals surface area contributed by atoms with Crippen LogP contribution in [0.4, 0.5) is 0 Å². The van der Waals surface area contributed by atoms with Gasteiger partial charge in [-0.3, -0.25) is 4.79 Å². The summed E-state index contributed by atoms with van der Waals surface area (Å²) in [5, 5.41) is 0. The van der Waals surface area contributed by atoms with Crippen LogP contribution in [0.15, 0.2) is 30.3 Å². The highest BCUT2D eigenvalue weighted by Crippen LogP contribution is 2.10. The Morgan fingerprint density at radius 1 is 0.697 bits per heavy atom. The van der Waals surface area contributed by atoms with E-state index in [0.717, 1.165) is 24.2 Å². The van der Waals surface area contributed by atoms with Gasteiger partial charge in [0.25, 0.3) is 0 Å². The number of carbonyl (C=O) groups is 1. The third kappa shape index (κ3) is 41.4. The average Bonchev–Trinajstić information content (AvgIpc) is 2.73. The number of benzene rings is 1. The Hall–Kier alpha value is -1.31. The lowest BCUT2D eigenvalue weighted by Crippen LogP contribution is -2.10. The smallest absolute Gasteiger partial charge is 0.308 e. The minimum Gasteiger partial charge on any atom is -0.469 e. The molecule has 0 spiro atoms. The van der Waals surface area contributed by atoms with E-state index in [1.54, 1.807) is 0 Å². The van der Waals surface area contributed by atoms with Crippen molar-refractivity contribution < 1.29 is 9.53 Å². The molecule has 0 N–H and O–H groups in total. The Labute approximate surface area is 213 Å². The highest BCUT2D eigenvalue weighted by Gasteiger charge is 2.08. The summed E-state index contributed by atoms with van der Waals surface area (Å²) in [4.78, 5) is 10.5. The highest BCUT2D eigenvalue weighted by atomic mass is 16.5. The highest BCUT2D eigenvalue weighted by molar-refractivity contribution is 5.71.